The fourth-order valence-electron chi connectivity index (χ4n) is 3.85. The van der Waals surface area contributed by atoms with Crippen molar-refractivity contribution < 1.29 is 9.32 Å². The van der Waals surface area contributed by atoms with Crippen molar-refractivity contribution in [2.75, 3.05) is 7.05 Å². The number of halogens is 1. The van der Waals surface area contributed by atoms with Gasteiger partial charge in [-0.15, -0.1) is 11.3 Å². The van der Waals surface area contributed by atoms with Gasteiger partial charge in [-0.25, -0.2) is 8.93 Å². The molecule has 2 unspecified atom stereocenters. The first-order valence-corrected chi connectivity index (χ1v) is 14.1. The lowest BCUT2D eigenvalue weighted by atomic mass is 9.92. The molecule has 5 nitrogen and oxygen atoms in total. The van der Waals surface area contributed by atoms with Crippen molar-refractivity contribution in [2.45, 2.75) is 43.5 Å². The van der Waals surface area contributed by atoms with E-state index in [1.807, 2.05) is 42.5 Å². The van der Waals surface area contributed by atoms with Crippen LogP contribution in [0.25, 0.3) is 21.3 Å². The van der Waals surface area contributed by atoms with Gasteiger partial charge in [0.05, 0.1) is 34.8 Å². The van der Waals surface area contributed by atoms with Crippen LogP contribution in [0, 0.1) is 11.3 Å². The Morgan fingerprint density at radius 2 is 2.00 bits per heavy atom. The third-order valence-electron chi connectivity index (χ3n) is 6.03. The molecule has 2 aromatic carbocycles. The van der Waals surface area contributed by atoms with E-state index in [9.17, 15) is 9.32 Å². The van der Waals surface area contributed by atoms with Crippen LogP contribution >= 0.6 is 22.9 Å². The zero-order valence-corrected chi connectivity index (χ0v) is 22.6. The van der Waals surface area contributed by atoms with Gasteiger partial charge >= 0.3 is 0 Å². The summed E-state index contributed by atoms with van der Waals surface area (Å²) in [7, 11) is 1.01. The van der Waals surface area contributed by atoms with Crippen LogP contribution in [0.1, 0.15) is 42.2 Å². The number of aromatic nitrogens is 1. The number of nitriles is 1. The van der Waals surface area contributed by atoms with Gasteiger partial charge in [-0.3, -0.25) is 4.98 Å². The lowest BCUT2D eigenvalue weighted by Gasteiger charge is -2.20. The van der Waals surface area contributed by atoms with E-state index >= 15 is 0 Å². The molecule has 0 radical (unpaired) electrons. The van der Waals surface area contributed by atoms with E-state index in [1.165, 1.54) is 4.88 Å². The van der Waals surface area contributed by atoms with Crippen molar-refractivity contribution in [1.29, 1.82) is 5.26 Å². The third kappa shape index (κ3) is 6.39. The van der Waals surface area contributed by atoms with Crippen molar-refractivity contribution in [3.8, 4) is 17.3 Å². The number of nitrogens with zero attached hydrogens (tertiary/aromatic N) is 2. The van der Waals surface area contributed by atoms with Crippen molar-refractivity contribution >= 4 is 44.0 Å². The van der Waals surface area contributed by atoms with Crippen LogP contribution in [0.3, 0.4) is 0 Å². The van der Waals surface area contributed by atoms with Gasteiger partial charge in [-0.2, -0.15) is 5.26 Å². The van der Waals surface area contributed by atoms with Crippen LogP contribution < -0.4 is 4.72 Å². The van der Waals surface area contributed by atoms with Crippen molar-refractivity contribution in [3.63, 3.8) is 0 Å². The SMILES string of the molecule is CC(O)(CC#N)c1ccnc(-c2cccc3cc(Cc4ccccc4Cl)sc23)c1.CNS(=O)C1CC1. The van der Waals surface area contributed by atoms with Crippen molar-refractivity contribution in [3.05, 3.63) is 87.9 Å². The summed E-state index contributed by atoms with van der Waals surface area (Å²) in [6.45, 7) is 1.66. The Balaban J connectivity index is 0.000000375. The highest BCUT2D eigenvalue weighted by Gasteiger charge is 2.27. The fraction of sp³-hybridized carbons (Fsp3) is 0.286. The van der Waals surface area contributed by atoms with Gasteiger partial charge in [-0.1, -0.05) is 48.0 Å². The molecule has 36 heavy (non-hydrogen) atoms. The second kappa shape index (κ2) is 11.6. The topological polar surface area (TPSA) is 86.0 Å². The summed E-state index contributed by atoms with van der Waals surface area (Å²) in [5.74, 6) is 0. The monoisotopic (exact) mass is 537 g/mol. The molecule has 0 spiro atoms. The average molecular weight is 538 g/mol. The number of pyridine rings is 1. The molecule has 2 N–H and O–H groups in total. The summed E-state index contributed by atoms with van der Waals surface area (Å²) in [4.78, 5) is 5.76. The molecule has 1 aliphatic carbocycles. The minimum absolute atomic E-state index is 0.0294. The van der Waals surface area contributed by atoms with E-state index in [2.05, 4.69) is 27.9 Å². The summed E-state index contributed by atoms with van der Waals surface area (Å²) < 4.78 is 14.4. The predicted molar refractivity (Wildman–Crippen MR) is 149 cm³/mol. The average Bonchev–Trinajstić information content (AvgIpc) is 3.64. The van der Waals surface area contributed by atoms with Gasteiger partial charge in [0, 0.05) is 38.0 Å². The molecule has 2 aromatic heterocycles. The fourth-order valence-corrected chi connectivity index (χ4v) is 6.16. The summed E-state index contributed by atoms with van der Waals surface area (Å²) in [6.07, 6.45) is 4.79. The number of hydrogen-bond acceptors (Lipinski definition) is 5. The first kappa shape index (κ1) is 26.5. The first-order valence-electron chi connectivity index (χ1n) is 11.7. The summed E-state index contributed by atoms with van der Waals surface area (Å²) >= 11 is 8.07. The number of nitrogens with one attached hydrogen (secondary N) is 1. The highest BCUT2D eigenvalue weighted by Crippen LogP contribution is 2.37. The normalized spacial score (nSPS) is 15.4. The van der Waals surface area contributed by atoms with Gasteiger partial charge in [0.15, 0.2) is 0 Å². The van der Waals surface area contributed by atoms with E-state index in [0.29, 0.717) is 10.8 Å². The largest absolute Gasteiger partial charge is 0.384 e. The Morgan fingerprint density at radius 1 is 1.22 bits per heavy atom. The molecule has 0 aliphatic heterocycles. The minimum Gasteiger partial charge on any atom is -0.384 e. The highest BCUT2D eigenvalue weighted by molar-refractivity contribution is 7.83. The lowest BCUT2D eigenvalue weighted by Crippen LogP contribution is -2.20. The van der Waals surface area contributed by atoms with Gasteiger partial charge in [0.1, 0.15) is 0 Å². The molecule has 0 saturated heterocycles. The smallest absolute Gasteiger partial charge is 0.0999 e. The molecule has 1 fully saturated rings. The van der Waals surface area contributed by atoms with Crippen LogP contribution in [0.2, 0.25) is 5.02 Å². The van der Waals surface area contributed by atoms with Crippen molar-refractivity contribution in [2.24, 2.45) is 0 Å². The molecular formula is C28H28ClN3O2S2. The number of thiophene rings is 1. The molecular weight excluding hydrogens is 510 g/mol. The maximum Gasteiger partial charge on any atom is 0.0999 e. The molecule has 4 aromatic rings. The Bertz CT molecular complexity index is 1420. The molecule has 0 bridgehead atoms. The lowest BCUT2D eigenvalue weighted by molar-refractivity contribution is 0.0624. The van der Waals surface area contributed by atoms with Crippen molar-refractivity contribution in [1.82, 2.24) is 9.71 Å². The Labute approximate surface area is 223 Å². The second-order valence-corrected chi connectivity index (χ2v) is 12.2. The number of hydrogen-bond donors (Lipinski definition) is 2. The van der Waals surface area contributed by atoms with Crippen LogP contribution in [0.15, 0.2) is 66.9 Å². The molecule has 2 heterocycles. The minimum atomic E-state index is -1.20. The quantitative estimate of drug-likeness (QED) is 0.287. The van der Waals surface area contributed by atoms with Crippen LogP contribution in [-0.4, -0.2) is 26.6 Å². The van der Waals surface area contributed by atoms with Gasteiger partial charge < -0.3 is 5.11 Å². The number of rotatable bonds is 7. The zero-order chi connectivity index (χ0) is 25.7. The highest BCUT2D eigenvalue weighted by atomic mass is 35.5. The number of benzene rings is 2. The van der Waals surface area contributed by atoms with E-state index in [1.54, 1.807) is 37.6 Å². The summed E-state index contributed by atoms with van der Waals surface area (Å²) in [5, 5.41) is 22.0. The third-order valence-corrected chi connectivity index (χ3v) is 9.06. The molecule has 0 amide bonds. The maximum atomic E-state index is 10.6. The number of aliphatic hydroxyl groups is 1. The second-order valence-electron chi connectivity index (χ2n) is 8.94. The Morgan fingerprint density at radius 3 is 2.67 bits per heavy atom. The van der Waals surface area contributed by atoms with Gasteiger partial charge in [0.2, 0.25) is 0 Å². The molecule has 2 atom stereocenters. The predicted octanol–water partition coefficient (Wildman–Crippen LogP) is 6.36. The molecule has 8 heteroatoms. The first-order chi connectivity index (χ1) is 17.3. The summed E-state index contributed by atoms with van der Waals surface area (Å²) in [6, 6.07) is 22.0. The van der Waals surface area contributed by atoms with E-state index < -0.39 is 16.6 Å². The standard InChI is InChI=1S/C24H19ClN2OS.C4H9NOS/c1-24(28,10-11-26)18-9-12-27-22(15-18)20-7-4-6-17-14-19(29-23(17)20)13-16-5-2-3-8-21(16)25;1-5-7(6)4-2-3-4/h2-9,12,14-15,28H,10,13H2,1H3;4-5H,2-3H2,1H3. The zero-order valence-electron chi connectivity index (χ0n) is 20.2. The van der Waals surface area contributed by atoms with Gasteiger partial charge in [-0.05, 0) is 67.6 Å². The van der Waals surface area contributed by atoms with E-state index in [4.69, 9.17) is 16.9 Å². The maximum absolute atomic E-state index is 10.6. The van der Waals surface area contributed by atoms with Crippen LogP contribution in [0.5, 0.6) is 0 Å². The molecule has 186 valence electrons. The molecule has 5 rings (SSSR count). The van der Waals surface area contributed by atoms with Crippen LogP contribution in [0.4, 0.5) is 0 Å². The molecule has 1 aliphatic rings. The van der Waals surface area contributed by atoms with E-state index in [-0.39, 0.29) is 6.42 Å². The summed E-state index contributed by atoms with van der Waals surface area (Å²) in [5.41, 5.74) is 2.40. The molecule has 1 saturated carbocycles. The van der Waals surface area contributed by atoms with Crippen LogP contribution in [-0.2, 0) is 23.0 Å². The Hall–Kier alpha value is -2.60. The Kier molecular flexibility index (Phi) is 8.55. The van der Waals surface area contributed by atoms with E-state index in [0.717, 1.165) is 51.2 Å². The number of fused-ring (bicyclic) bond motifs is 1. The van der Waals surface area contributed by atoms with Gasteiger partial charge in [0.25, 0.3) is 0 Å².